The fourth-order valence-corrected chi connectivity index (χ4v) is 11.8. The molecule has 0 aromatic rings. The Kier molecular flexibility index (Phi) is 45.7. The molecule has 2 saturated heterocycles. The molecule has 12 atom stereocenters. The fraction of sp³-hybridized carbons (Fsp3) is 0.952. The molecule has 9 N–H and O–H groups in total. The summed E-state index contributed by atoms with van der Waals surface area (Å²) in [5, 5.41) is 61.6. The monoisotopic (exact) mass is 1210 g/mol. The van der Waals surface area contributed by atoms with Crippen LogP contribution < -0.4 is 10.6 Å². The number of rotatable bonds is 54. The highest BCUT2D eigenvalue weighted by molar-refractivity contribution is 7.46. The van der Waals surface area contributed by atoms with Crippen LogP contribution in [-0.4, -0.2) is 146 Å². The standard InChI is InChI=1S/C63H121N2O17P/c1-5-9-13-17-21-25-29-33-37-41-49(67)45-53(68)64-56-59(72)58(71)52(81-62(56)77-44-40-36-32-28-24-20-16-12-8-4)48-78-63-57(60(73)61(51(47-66)80-63)82-83(74,75)76)65-54(69)46-50(42-38-34-30-26-22-18-14-10-6-2)79-55(70)43-39-35-31-27-23-19-15-11-7-3/h49-52,56-63,66-67,71-73H,5-48H2,1-4H3,(H,64,68)(H,65,69)(H2,74,75,76)/t49-,50-,51-,52-,56-,57-,58-,59-,60-,61-,62+,63-/m1/s1. The summed E-state index contributed by atoms with van der Waals surface area (Å²) in [6, 6.07) is -2.86. The number of phosphoric acid groups is 1. The Morgan fingerprint density at radius 2 is 0.892 bits per heavy atom. The number of hydrogen-bond donors (Lipinski definition) is 9. The molecule has 19 nitrogen and oxygen atoms in total. The van der Waals surface area contributed by atoms with Crippen LogP contribution in [-0.2, 0) is 47.2 Å². The maximum atomic E-state index is 14.1. The van der Waals surface area contributed by atoms with E-state index in [1.165, 1.54) is 116 Å². The molecule has 2 heterocycles. The van der Waals surface area contributed by atoms with Crippen molar-refractivity contribution in [1.82, 2.24) is 10.6 Å². The molecule has 2 aliphatic rings. The molecule has 2 aliphatic heterocycles. The van der Waals surface area contributed by atoms with E-state index < -0.39 is 112 Å². The Bertz CT molecular complexity index is 1650. The number of carbonyl (C=O) groups excluding carboxylic acids is 3. The normalized spacial score (nSPS) is 23.7. The minimum absolute atomic E-state index is 0.199. The molecule has 20 heteroatoms. The zero-order chi connectivity index (χ0) is 60.9. The summed E-state index contributed by atoms with van der Waals surface area (Å²) in [4.78, 5) is 60.5. The predicted molar refractivity (Wildman–Crippen MR) is 323 cm³/mol. The topological polar surface area (TPSA) is 289 Å². The van der Waals surface area contributed by atoms with Crippen molar-refractivity contribution in [3.63, 3.8) is 0 Å². The van der Waals surface area contributed by atoms with Crippen LogP contribution >= 0.6 is 7.82 Å². The quantitative estimate of drug-likeness (QED) is 0.0155. The van der Waals surface area contributed by atoms with Gasteiger partial charge in [0.05, 0.1) is 32.2 Å². The van der Waals surface area contributed by atoms with Gasteiger partial charge in [0.2, 0.25) is 11.8 Å². The summed E-state index contributed by atoms with van der Waals surface area (Å²) in [5.41, 5.74) is 0. The Balaban J connectivity index is 2.25. The number of unbranched alkanes of at least 4 members (excludes halogenated alkanes) is 32. The number of carbonyl (C=O) groups is 3. The molecule has 0 aliphatic carbocycles. The highest BCUT2D eigenvalue weighted by Crippen LogP contribution is 2.42. The fourth-order valence-electron chi connectivity index (χ4n) is 11.2. The van der Waals surface area contributed by atoms with Gasteiger partial charge in [-0.15, -0.1) is 0 Å². The molecule has 0 radical (unpaired) electrons. The van der Waals surface area contributed by atoms with Crippen LogP contribution in [0.3, 0.4) is 0 Å². The first-order valence-corrected chi connectivity index (χ1v) is 35.0. The second-order valence-corrected chi connectivity index (χ2v) is 25.2. The first kappa shape index (κ1) is 77.3. The van der Waals surface area contributed by atoms with Crippen LogP contribution in [0.5, 0.6) is 0 Å². The predicted octanol–water partition coefficient (Wildman–Crippen LogP) is 11.3. The van der Waals surface area contributed by atoms with Crippen LogP contribution in [0.1, 0.15) is 291 Å². The molecular formula is C63H121N2O17P. The lowest BCUT2D eigenvalue weighted by molar-refractivity contribution is -0.302. The van der Waals surface area contributed by atoms with Crippen LogP contribution in [0.15, 0.2) is 0 Å². The van der Waals surface area contributed by atoms with Crippen molar-refractivity contribution in [2.45, 2.75) is 364 Å². The van der Waals surface area contributed by atoms with Gasteiger partial charge in [-0.05, 0) is 32.1 Å². The molecule has 0 aromatic heterocycles. The minimum atomic E-state index is -5.31. The van der Waals surface area contributed by atoms with Gasteiger partial charge in [-0.3, -0.25) is 18.9 Å². The van der Waals surface area contributed by atoms with E-state index in [2.05, 4.69) is 38.3 Å². The molecule has 0 unspecified atom stereocenters. The SMILES string of the molecule is CCCCCCCCCCCO[C@H]1O[C@H](CO[C@@H]2O[C@H](CO)[C@@H](OP(=O)(O)O)[C@H](O)[C@H]2NC(=O)C[C@@H](CCCCCCCCCCC)OC(=O)CCCCCCCCCCC)[C@@H](O)[C@H](O)[C@H]1NC(=O)C[C@H](O)CCCCCCCCCCC. The summed E-state index contributed by atoms with van der Waals surface area (Å²) in [7, 11) is -5.31. The molecule has 0 bridgehead atoms. The summed E-state index contributed by atoms with van der Waals surface area (Å²) in [5.74, 6) is -1.68. The van der Waals surface area contributed by atoms with E-state index in [1.807, 2.05) is 0 Å². The number of aliphatic hydroxyl groups excluding tert-OH is 5. The highest BCUT2D eigenvalue weighted by Gasteiger charge is 2.51. The molecule has 83 heavy (non-hydrogen) atoms. The van der Waals surface area contributed by atoms with Gasteiger partial charge in [0.25, 0.3) is 0 Å². The minimum Gasteiger partial charge on any atom is -0.462 e. The van der Waals surface area contributed by atoms with Crippen LogP contribution in [0.25, 0.3) is 0 Å². The first-order valence-electron chi connectivity index (χ1n) is 33.5. The number of aliphatic hydroxyl groups is 5. The Labute approximate surface area is 501 Å². The van der Waals surface area contributed by atoms with Crippen molar-refractivity contribution in [2.24, 2.45) is 0 Å². The molecule has 0 spiro atoms. The van der Waals surface area contributed by atoms with Crippen molar-refractivity contribution in [3.8, 4) is 0 Å². The average molecular weight is 1210 g/mol. The van der Waals surface area contributed by atoms with Crippen molar-refractivity contribution >= 4 is 25.6 Å². The van der Waals surface area contributed by atoms with Crippen LogP contribution in [0, 0.1) is 0 Å². The van der Waals surface area contributed by atoms with Crippen molar-refractivity contribution in [2.75, 3.05) is 19.8 Å². The summed E-state index contributed by atoms with van der Waals surface area (Å²) >= 11 is 0. The van der Waals surface area contributed by atoms with Gasteiger partial charge < -0.3 is 69.6 Å². The molecule has 2 fully saturated rings. The van der Waals surface area contributed by atoms with E-state index in [4.69, 9.17) is 28.2 Å². The molecule has 2 rings (SSSR count). The molecule has 2 amide bonds. The van der Waals surface area contributed by atoms with E-state index in [0.717, 1.165) is 96.3 Å². The number of esters is 1. The average Bonchev–Trinajstić information content (AvgIpc) is 3.55. The van der Waals surface area contributed by atoms with Crippen molar-refractivity contribution in [1.29, 1.82) is 0 Å². The number of ether oxygens (including phenoxy) is 5. The summed E-state index contributed by atoms with van der Waals surface area (Å²) in [6.45, 7) is 7.49. The van der Waals surface area contributed by atoms with Gasteiger partial charge in [0, 0.05) is 13.0 Å². The number of phosphoric ester groups is 1. The molecule has 0 aromatic carbocycles. The third kappa shape index (κ3) is 36.9. The second-order valence-electron chi connectivity index (χ2n) is 24.0. The number of amides is 2. The number of nitrogens with one attached hydrogen (secondary N) is 2. The van der Waals surface area contributed by atoms with Gasteiger partial charge in [-0.25, -0.2) is 4.57 Å². The smallest absolute Gasteiger partial charge is 0.462 e. The number of hydrogen-bond acceptors (Lipinski definition) is 15. The van der Waals surface area contributed by atoms with E-state index in [9.17, 15) is 54.3 Å². The Morgan fingerprint density at radius 3 is 1.36 bits per heavy atom. The zero-order valence-electron chi connectivity index (χ0n) is 52.2. The third-order valence-electron chi connectivity index (χ3n) is 16.3. The van der Waals surface area contributed by atoms with E-state index in [0.29, 0.717) is 32.1 Å². The largest absolute Gasteiger partial charge is 0.470 e. The Morgan fingerprint density at radius 1 is 0.494 bits per heavy atom. The van der Waals surface area contributed by atoms with Gasteiger partial charge in [-0.2, -0.15) is 0 Å². The second kappa shape index (κ2) is 49.1. The van der Waals surface area contributed by atoms with Crippen molar-refractivity contribution in [3.05, 3.63) is 0 Å². The summed E-state index contributed by atoms with van der Waals surface area (Å²) < 4.78 is 47.6. The van der Waals surface area contributed by atoms with Gasteiger partial charge in [0.1, 0.15) is 54.8 Å². The maximum absolute atomic E-state index is 14.1. The van der Waals surface area contributed by atoms with E-state index in [1.54, 1.807) is 0 Å². The lowest BCUT2D eigenvalue weighted by atomic mass is 9.95. The first-order chi connectivity index (χ1) is 40.1. The van der Waals surface area contributed by atoms with Crippen molar-refractivity contribution < 1.29 is 82.5 Å². The molecule has 490 valence electrons. The zero-order valence-corrected chi connectivity index (χ0v) is 53.1. The van der Waals surface area contributed by atoms with Crippen LogP contribution in [0.4, 0.5) is 0 Å². The third-order valence-corrected chi connectivity index (χ3v) is 16.8. The summed E-state index contributed by atoms with van der Waals surface area (Å²) in [6.07, 6.45) is 24.6. The lowest BCUT2D eigenvalue weighted by Gasteiger charge is -2.45. The maximum Gasteiger partial charge on any atom is 0.470 e. The van der Waals surface area contributed by atoms with E-state index >= 15 is 0 Å². The molecule has 0 saturated carbocycles. The Hall–Kier alpha value is -1.84. The van der Waals surface area contributed by atoms with E-state index in [-0.39, 0.29) is 25.9 Å². The molecular weight excluding hydrogens is 1090 g/mol. The van der Waals surface area contributed by atoms with Gasteiger partial charge in [0.15, 0.2) is 12.6 Å². The van der Waals surface area contributed by atoms with Gasteiger partial charge in [-0.1, -0.05) is 240 Å². The van der Waals surface area contributed by atoms with Crippen LogP contribution in [0.2, 0.25) is 0 Å². The lowest BCUT2D eigenvalue weighted by Crippen LogP contribution is -2.67. The van der Waals surface area contributed by atoms with Gasteiger partial charge >= 0.3 is 13.8 Å². The highest BCUT2D eigenvalue weighted by atomic mass is 31.2.